The number of hydrogen-bond donors (Lipinski definition) is 0. The Balaban J connectivity index is 1.61. The average molecular weight is 401 g/mol. The Labute approximate surface area is 175 Å². The number of likely N-dealkylation sites (N-methyl/N-ethyl adjacent to an activating group) is 1. The number of hydrogen-bond acceptors (Lipinski definition) is 4. The highest BCUT2D eigenvalue weighted by atomic mass is 16.5. The van der Waals surface area contributed by atoms with Gasteiger partial charge < -0.3 is 18.9 Å². The molecule has 0 aliphatic carbocycles. The van der Waals surface area contributed by atoms with E-state index in [1.165, 1.54) is 0 Å². The van der Waals surface area contributed by atoms with Crippen molar-refractivity contribution in [3.63, 3.8) is 0 Å². The average Bonchev–Trinajstić information content (AvgIpc) is 3.15. The van der Waals surface area contributed by atoms with E-state index in [0.717, 1.165) is 16.7 Å². The second-order valence-corrected chi connectivity index (χ2v) is 6.83. The van der Waals surface area contributed by atoms with Gasteiger partial charge in [-0.15, -0.1) is 0 Å². The van der Waals surface area contributed by atoms with E-state index < -0.39 is 0 Å². The Kier molecular flexibility index (Phi) is 5.66. The number of benzene rings is 3. The summed E-state index contributed by atoms with van der Waals surface area (Å²) in [5, 5.41) is 0. The van der Waals surface area contributed by atoms with Crippen molar-refractivity contribution in [2.24, 2.45) is 0 Å². The normalized spacial score (nSPS) is 10.7. The number of nitrogens with zero attached hydrogens (tertiary/aromatic N) is 3. The Hall–Kier alpha value is -3.80. The minimum atomic E-state index is -0.0390. The van der Waals surface area contributed by atoms with Gasteiger partial charge in [0.25, 0.3) is 0 Å². The molecule has 0 saturated heterocycles. The van der Waals surface area contributed by atoms with Crippen molar-refractivity contribution in [1.29, 1.82) is 0 Å². The van der Waals surface area contributed by atoms with Gasteiger partial charge in [0.05, 0.1) is 18.1 Å². The Bertz CT molecular complexity index is 1150. The summed E-state index contributed by atoms with van der Waals surface area (Å²) < 4.78 is 13.2. The van der Waals surface area contributed by atoms with Gasteiger partial charge in [0.15, 0.2) is 11.5 Å². The minimum absolute atomic E-state index is 0.0390. The molecule has 0 unspecified atom stereocenters. The molecule has 0 radical (unpaired) electrons. The van der Waals surface area contributed by atoms with Gasteiger partial charge in [0.2, 0.25) is 5.91 Å². The summed E-state index contributed by atoms with van der Waals surface area (Å²) >= 11 is 0. The molecule has 3 aromatic carbocycles. The first-order valence-corrected chi connectivity index (χ1v) is 9.69. The Morgan fingerprint density at radius 2 is 1.60 bits per heavy atom. The van der Waals surface area contributed by atoms with Gasteiger partial charge >= 0.3 is 0 Å². The van der Waals surface area contributed by atoms with Crippen molar-refractivity contribution in [2.75, 3.05) is 19.1 Å². The monoisotopic (exact) mass is 401 g/mol. The van der Waals surface area contributed by atoms with Gasteiger partial charge in [-0.05, 0) is 36.4 Å². The molecule has 0 fully saturated rings. The van der Waals surface area contributed by atoms with Crippen molar-refractivity contribution in [3.8, 4) is 11.5 Å². The van der Waals surface area contributed by atoms with Crippen LogP contribution in [-0.4, -0.2) is 29.6 Å². The summed E-state index contributed by atoms with van der Waals surface area (Å²) in [7, 11) is 3.39. The summed E-state index contributed by atoms with van der Waals surface area (Å²) in [6, 6.07) is 24.8. The van der Waals surface area contributed by atoms with Crippen molar-refractivity contribution < 1.29 is 14.3 Å². The summed E-state index contributed by atoms with van der Waals surface area (Å²) in [4.78, 5) is 19.3. The first-order chi connectivity index (χ1) is 14.7. The van der Waals surface area contributed by atoms with Crippen LogP contribution >= 0.6 is 0 Å². The second kappa shape index (κ2) is 8.69. The number of rotatable bonds is 7. The molecule has 4 rings (SSSR count). The highest BCUT2D eigenvalue weighted by Gasteiger charge is 2.18. The largest absolute Gasteiger partial charge is 0.493 e. The van der Waals surface area contributed by atoms with E-state index in [2.05, 4.69) is 0 Å². The van der Waals surface area contributed by atoms with Crippen molar-refractivity contribution >= 4 is 22.6 Å². The molecule has 0 spiro atoms. The minimum Gasteiger partial charge on any atom is -0.493 e. The van der Waals surface area contributed by atoms with E-state index in [9.17, 15) is 4.79 Å². The van der Waals surface area contributed by atoms with Crippen LogP contribution in [0.4, 0.5) is 5.69 Å². The van der Waals surface area contributed by atoms with Crippen LogP contribution in [0.3, 0.4) is 0 Å². The molecular formula is C24H23N3O3. The molecule has 0 saturated carbocycles. The van der Waals surface area contributed by atoms with Gasteiger partial charge in [0, 0.05) is 12.7 Å². The Morgan fingerprint density at radius 1 is 0.933 bits per heavy atom. The highest BCUT2D eigenvalue weighted by Crippen LogP contribution is 2.27. The third-order valence-electron chi connectivity index (χ3n) is 4.97. The van der Waals surface area contributed by atoms with Gasteiger partial charge in [0.1, 0.15) is 19.0 Å². The van der Waals surface area contributed by atoms with Gasteiger partial charge in [-0.25, -0.2) is 4.98 Å². The van der Waals surface area contributed by atoms with E-state index in [-0.39, 0.29) is 19.1 Å². The first kappa shape index (κ1) is 19.5. The number of amides is 1. The van der Waals surface area contributed by atoms with Crippen molar-refractivity contribution in [2.45, 2.75) is 13.2 Å². The molecular weight excluding hydrogens is 378 g/mol. The number of carbonyl (C=O) groups is 1. The van der Waals surface area contributed by atoms with E-state index in [1.807, 2.05) is 83.4 Å². The third-order valence-corrected chi connectivity index (χ3v) is 4.97. The summed E-state index contributed by atoms with van der Waals surface area (Å²) in [6.07, 6.45) is 0. The fraction of sp³-hybridized carbons (Fsp3) is 0.167. The lowest BCUT2D eigenvalue weighted by atomic mass is 10.3. The molecule has 1 heterocycles. The number of ether oxygens (including phenoxy) is 2. The standard InChI is InChI=1S/C24H23N3O3/c1-26(18-10-4-3-5-11-18)24(28)16-27-20-13-7-6-12-19(20)25-23(27)17-30-22-15-9-8-14-21(22)29-2/h3-15H,16-17H2,1-2H3. The van der Waals surface area contributed by atoms with E-state index >= 15 is 0 Å². The highest BCUT2D eigenvalue weighted by molar-refractivity contribution is 5.93. The zero-order valence-corrected chi connectivity index (χ0v) is 17.0. The molecule has 0 aliphatic heterocycles. The molecule has 152 valence electrons. The molecule has 6 nitrogen and oxygen atoms in total. The predicted molar refractivity (Wildman–Crippen MR) is 117 cm³/mol. The van der Waals surface area contributed by atoms with Crippen LogP contribution in [0.5, 0.6) is 11.5 Å². The van der Waals surface area contributed by atoms with Crippen LogP contribution < -0.4 is 14.4 Å². The lowest BCUT2D eigenvalue weighted by Crippen LogP contribution is -2.30. The third kappa shape index (κ3) is 3.98. The lowest BCUT2D eigenvalue weighted by Gasteiger charge is -2.19. The first-order valence-electron chi connectivity index (χ1n) is 9.69. The lowest BCUT2D eigenvalue weighted by molar-refractivity contribution is -0.118. The number of fused-ring (bicyclic) bond motifs is 1. The van der Waals surface area contributed by atoms with E-state index in [0.29, 0.717) is 17.3 Å². The van der Waals surface area contributed by atoms with Crippen LogP contribution in [0.2, 0.25) is 0 Å². The van der Waals surface area contributed by atoms with Crippen LogP contribution in [0, 0.1) is 0 Å². The SMILES string of the molecule is COc1ccccc1OCc1nc2ccccc2n1CC(=O)N(C)c1ccccc1. The maximum absolute atomic E-state index is 13.0. The molecule has 30 heavy (non-hydrogen) atoms. The number of carbonyl (C=O) groups excluding carboxylic acids is 1. The smallest absolute Gasteiger partial charge is 0.246 e. The van der Waals surface area contributed by atoms with Crippen LogP contribution in [0.1, 0.15) is 5.82 Å². The molecule has 1 aromatic heterocycles. The van der Waals surface area contributed by atoms with Crippen LogP contribution in [0.15, 0.2) is 78.9 Å². The maximum atomic E-state index is 13.0. The van der Waals surface area contributed by atoms with Gasteiger partial charge in [-0.2, -0.15) is 0 Å². The number of imidazole rings is 1. The number of aromatic nitrogens is 2. The molecule has 0 bridgehead atoms. The van der Waals surface area contributed by atoms with Crippen LogP contribution in [-0.2, 0) is 17.9 Å². The molecule has 6 heteroatoms. The molecule has 0 atom stereocenters. The number of methoxy groups -OCH3 is 1. The quantitative estimate of drug-likeness (QED) is 0.464. The topological polar surface area (TPSA) is 56.6 Å². The van der Waals surface area contributed by atoms with Gasteiger partial charge in [-0.1, -0.05) is 42.5 Å². The zero-order valence-electron chi connectivity index (χ0n) is 17.0. The maximum Gasteiger partial charge on any atom is 0.246 e. The fourth-order valence-electron chi connectivity index (χ4n) is 3.33. The number of anilines is 1. The van der Waals surface area contributed by atoms with Crippen molar-refractivity contribution in [3.05, 3.63) is 84.7 Å². The second-order valence-electron chi connectivity index (χ2n) is 6.83. The summed E-state index contributed by atoms with van der Waals surface area (Å²) in [5.41, 5.74) is 2.57. The molecule has 1 amide bonds. The number of para-hydroxylation sites is 5. The van der Waals surface area contributed by atoms with Crippen molar-refractivity contribution in [1.82, 2.24) is 9.55 Å². The molecule has 4 aromatic rings. The van der Waals surface area contributed by atoms with Gasteiger partial charge in [-0.3, -0.25) is 4.79 Å². The predicted octanol–water partition coefficient (Wildman–Crippen LogP) is 4.29. The molecule has 0 N–H and O–H groups in total. The fourth-order valence-corrected chi connectivity index (χ4v) is 3.33. The molecule has 0 aliphatic rings. The zero-order chi connectivity index (χ0) is 20.9. The summed E-state index contributed by atoms with van der Waals surface area (Å²) in [6.45, 7) is 0.383. The van der Waals surface area contributed by atoms with E-state index in [1.54, 1.807) is 19.1 Å². The summed E-state index contributed by atoms with van der Waals surface area (Å²) in [5.74, 6) is 1.92. The van der Waals surface area contributed by atoms with E-state index in [4.69, 9.17) is 14.5 Å². The Morgan fingerprint density at radius 3 is 2.37 bits per heavy atom. The van der Waals surface area contributed by atoms with Crippen LogP contribution in [0.25, 0.3) is 11.0 Å².